The zero-order valence-electron chi connectivity index (χ0n) is 33.0. The maximum absolute atomic E-state index is 6.62. The lowest BCUT2D eigenvalue weighted by atomic mass is 9.50. The summed E-state index contributed by atoms with van der Waals surface area (Å²) in [5.41, 5.74) is 10.6. The quantitative estimate of drug-likeness (QED) is 0.151. The van der Waals surface area contributed by atoms with Crippen molar-refractivity contribution in [1.82, 2.24) is 0 Å². The average molecular weight is 722 g/mol. The summed E-state index contributed by atoms with van der Waals surface area (Å²) in [5.74, 6) is 3.01. The van der Waals surface area contributed by atoms with Crippen LogP contribution in [0.2, 0.25) is 0 Å². The third-order valence-electron chi connectivity index (χ3n) is 12.9. The zero-order chi connectivity index (χ0) is 38.2. The molecule has 6 unspecified atom stereocenters. The number of hydrogen-bond acceptors (Lipinski definition) is 2. The number of benzene rings is 3. The standard InChI is InChI=1S/C53H55NO/c1-7-45(51(40-18-10-8-11-19-40)54-50(36(2)3)43-27-26-41-34-37(4)24-25-42(41)35-43)38(5)39-28-30-44(31-29-39)53(52(6)32-16-9-17-33-52)46-20-12-14-22-48(46)55-49-23-15-13-21-47(49)53/h8-26,28,30-32,35,37,39,43,45,51H,2,5,7,27,29,33-34H2,1,3-4,6H3/b54-50+. The fourth-order valence-corrected chi connectivity index (χ4v) is 10.1. The van der Waals surface area contributed by atoms with Crippen molar-refractivity contribution in [2.24, 2.45) is 34.1 Å². The minimum Gasteiger partial charge on any atom is -0.457 e. The van der Waals surface area contributed by atoms with Crippen molar-refractivity contribution in [2.75, 3.05) is 0 Å². The molecule has 8 rings (SSSR count). The summed E-state index contributed by atoms with van der Waals surface area (Å²) < 4.78 is 6.62. The smallest absolute Gasteiger partial charge is 0.131 e. The van der Waals surface area contributed by atoms with Gasteiger partial charge in [-0.25, -0.2) is 0 Å². The Morgan fingerprint density at radius 2 is 1.55 bits per heavy atom. The summed E-state index contributed by atoms with van der Waals surface area (Å²) in [6, 6.07) is 28.1. The molecule has 2 nitrogen and oxygen atoms in total. The number of para-hydroxylation sites is 2. The molecule has 4 aliphatic carbocycles. The van der Waals surface area contributed by atoms with Crippen LogP contribution >= 0.6 is 0 Å². The zero-order valence-corrected chi connectivity index (χ0v) is 33.0. The molecule has 5 aliphatic rings. The Balaban J connectivity index is 1.16. The van der Waals surface area contributed by atoms with Gasteiger partial charge in [0.2, 0.25) is 0 Å². The first-order valence-electron chi connectivity index (χ1n) is 20.4. The fourth-order valence-electron chi connectivity index (χ4n) is 10.1. The molecule has 2 heteroatoms. The monoisotopic (exact) mass is 721 g/mol. The van der Waals surface area contributed by atoms with E-state index in [0.29, 0.717) is 5.92 Å². The SMILES string of the molecule is C=C(C)/C(=N\C(c1ccccc1)C(CC)C(=C)C1C=CC(C2(C3(C)C=CC=CC3)c3ccccc3Oc3ccccc32)=CC1)C1C=C2C=CC(C)CC2=CC1. The maximum atomic E-state index is 6.62. The second kappa shape index (κ2) is 15.1. The molecule has 55 heavy (non-hydrogen) atoms. The highest BCUT2D eigenvalue weighted by Gasteiger charge is 2.55. The summed E-state index contributed by atoms with van der Waals surface area (Å²) >= 11 is 0. The Morgan fingerprint density at radius 3 is 2.18 bits per heavy atom. The summed E-state index contributed by atoms with van der Waals surface area (Å²) in [4.78, 5) is 5.72. The van der Waals surface area contributed by atoms with Crippen LogP contribution in [0, 0.1) is 29.1 Å². The molecule has 6 atom stereocenters. The van der Waals surface area contributed by atoms with Gasteiger partial charge in [0.05, 0.1) is 11.5 Å². The minimum absolute atomic E-state index is 0.0615. The van der Waals surface area contributed by atoms with Crippen molar-refractivity contribution in [3.63, 3.8) is 0 Å². The van der Waals surface area contributed by atoms with Gasteiger partial charge in [0.1, 0.15) is 11.5 Å². The molecular formula is C53H55NO. The first kappa shape index (κ1) is 36.8. The van der Waals surface area contributed by atoms with E-state index in [9.17, 15) is 0 Å². The number of fused-ring (bicyclic) bond motifs is 3. The lowest BCUT2D eigenvalue weighted by Crippen LogP contribution is -2.47. The Labute approximate surface area is 329 Å². The molecule has 0 fully saturated rings. The lowest BCUT2D eigenvalue weighted by Gasteiger charge is -2.53. The molecule has 278 valence electrons. The van der Waals surface area contributed by atoms with E-state index in [2.05, 4.69) is 180 Å². The summed E-state index contributed by atoms with van der Waals surface area (Å²) in [7, 11) is 0. The van der Waals surface area contributed by atoms with Gasteiger partial charge in [-0.05, 0) is 84.9 Å². The first-order chi connectivity index (χ1) is 26.7. The molecule has 1 heterocycles. The molecule has 0 bridgehead atoms. The molecule has 0 aromatic heterocycles. The molecule has 0 saturated heterocycles. The number of allylic oxidation sites excluding steroid dienone is 15. The van der Waals surface area contributed by atoms with E-state index in [0.717, 1.165) is 54.9 Å². The summed E-state index contributed by atoms with van der Waals surface area (Å²) in [6.07, 6.45) is 30.9. The second-order valence-electron chi connectivity index (χ2n) is 16.6. The van der Waals surface area contributed by atoms with E-state index in [-0.39, 0.29) is 29.2 Å². The van der Waals surface area contributed by atoms with Crippen LogP contribution in [-0.4, -0.2) is 5.71 Å². The Kier molecular flexibility index (Phi) is 10.1. The molecule has 0 radical (unpaired) electrons. The highest BCUT2D eigenvalue weighted by Crippen LogP contribution is 2.63. The number of aliphatic imine (C=N–C) groups is 1. The van der Waals surface area contributed by atoms with Crippen molar-refractivity contribution >= 4 is 5.71 Å². The van der Waals surface area contributed by atoms with Gasteiger partial charge in [0.25, 0.3) is 0 Å². The molecule has 0 N–H and O–H groups in total. The van der Waals surface area contributed by atoms with Crippen LogP contribution in [-0.2, 0) is 5.41 Å². The van der Waals surface area contributed by atoms with E-state index in [1.165, 1.54) is 39.0 Å². The van der Waals surface area contributed by atoms with Crippen LogP contribution in [0.4, 0.5) is 0 Å². The largest absolute Gasteiger partial charge is 0.457 e. The van der Waals surface area contributed by atoms with Crippen LogP contribution in [0.25, 0.3) is 0 Å². The van der Waals surface area contributed by atoms with E-state index >= 15 is 0 Å². The van der Waals surface area contributed by atoms with E-state index < -0.39 is 5.41 Å². The van der Waals surface area contributed by atoms with Gasteiger partial charge in [0.15, 0.2) is 0 Å². The van der Waals surface area contributed by atoms with Crippen molar-refractivity contribution in [3.05, 3.63) is 203 Å². The van der Waals surface area contributed by atoms with Gasteiger partial charge in [-0.15, -0.1) is 0 Å². The van der Waals surface area contributed by atoms with Crippen molar-refractivity contribution < 1.29 is 4.74 Å². The maximum Gasteiger partial charge on any atom is 0.131 e. The van der Waals surface area contributed by atoms with Gasteiger partial charge >= 0.3 is 0 Å². The van der Waals surface area contributed by atoms with Crippen LogP contribution in [0.5, 0.6) is 11.5 Å². The van der Waals surface area contributed by atoms with Crippen LogP contribution in [0.1, 0.15) is 82.5 Å². The van der Waals surface area contributed by atoms with Gasteiger partial charge < -0.3 is 4.74 Å². The minimum atomic E-state index is -0.436. The lowest BCUT2D eigenvalue weighted by molar-refractivity contribution is 0.259. The first-order valence-corrected chi connectivity index (χ1v) is 20.4. The van der Waals surface area contributed by atoms with Crippen LogP contribution in [0.15, 0.2) is 192 Å². The molecule has 0 amide bonds. The highest BCUT2D eigenvalue weighted by molar-refractivity contribution is 6.02. The average Bonchev–Trinajstić information content (AvgIpc) is 3.21. The van der Waals surface area contributed by atoms with E-state index in [4.69, 9.17) is 16.3 Å². The summed E-state index contributed by atoms with van der Waals surface area (Å²) in [6.45, 7) is 18.6. The van der Waals surface area contributed by atoms with E-state index in [1.807, 2.05) is 0 Å². The number of rotatable bonds is 10. The fraction of sp³-hybridized carbons (Fsp3) is 0.302. The Bertz CT molecular complexity index is 2190. The van der Waals surface area contributed by atoms with Crippen molar-refractivity contribution in [2.45, 2.75) is 71.3 Å². The number of hydrogen-bond donors (Lipinski definition) is 0. The molecule has 1 aliphatic heterocycles. The Morgan fingerprint density at radius 1 is 0.855 bits per heavy atom. The molecule has 0 saturated carbocycles. The van der Waals surface area contributed by atoms with Gasteiger partial charge in [0, 0.05) is 40.0 Å². The highest BCUT2D eigenvalue weighted by atomic mass is 16.5. The predicted octanol–water partition coefficient (Wildman–Crippen LogP) is 13.9. The molecular weight excluding hydrogens is 667 g/mol. The van der Waals surface area contributed by atoms with Crippen LogP contribution in [0.3, 0.4) is 0 Å². The van der Waals surface area contributed by atoms with Crippen molar-refractivity contribution in [3.8, 4) is 11.5 Å². The van der Waals surface area contributed by atoms with Gasteiger partial charge in [-0.1, -0.05) is 173 Å². The normalized spacial score (nSPS) is 25.9. The topological polar surface area (TPSA) is 21.6 Å². The third-order valence-corrected chi connectivity index (χ3v) is 12.9. The molecule has 3 aromatic carbocycles. The second-order valence-corrected chi connectivity index (χ2v) is 16.6. The number of nitrogens with zero attached hydrogens (tertiary/aromatic N) is 1. The number of ether oxygens (including phenoxy) is 1. The van der Waals surface area contributed by atoms with E-state index in [1.54, 1.807) is 0 Å². The Hall–Kier alpha value is -5.21. The third kappa shape index (κ3) is 6.54. The van der Waals surface area contributed by atoms with Crippen LogP contribution < -0.4 is 4.74 Å². The van der Waals surface area contributed by atoms with Gasteiger partial charge in [-0.3, -0.25) is 4.99 Å². The van der Waals surface area contributed by atoms with Crippen molar-refractivity contribution in [1.29, 1.82) is 0 Å². The molecule has 0 spiro atoms. The van der Waals surface area contributed by atoms with Gasteiger partial charge in [-0.2, -0.15) is 0 Å². The predicted molar refractivity (Wildman–Crippen MR) is 232 cm³/mol. The summed E-state index contributed by atoms with van der Waals surface area (Å²) in [5, 5.41) is 0. The molecule has 3 aromatic rings.